The molecule has 6 heteroatoms. The van der Waals surface area contributed by atoms with Gasteiger partial charge in [0, 0.05) is 24.5 Å². The van der Waals surface area contributed by atoms with Gasteiger partial charge in [0.05, 0.1) is 26.4 Å². The highest BCUT2D eigenvalue weighted by molar-refractivity contribution is 7.80. The van der Waals surface area contributed by atoms with Crippen molar-refractivity contribution in [1.82, 2.24) is 5.32 Å². The highest BCUT2D eigenvalue weighted by Crippen LogP contribution is 2.20. The van der Waals surface area contributed by atoms with Gasteiger partial charge in [0.25, 0.3) is 0 Å². The summed E-state index contributed by atoms with van der Waals surface area (Å²) in [5, 5.41) is 7.12. The molecule has 2 N–H and O–H groups in total. The number of nitrogens with one attached hydrogen (secondary N) is 2. The Balaban J connectivity index is 1.54. The fraction of sp³-hybridized carbons (Fsp3) is 0.350. The summed E-state index contributed by atoms with van der Waals surface area (Å²) >= 11 is 5.43. The first kappa shape index (κ1) is 18.5. The van der Waals surface area contributed by atoms with Crippen LogP contribution >= 0.6 is 12.2 Å². The summed E-state index contributed by atoms with van der Waals surface area (Å²) in [6.07, 6.45) is 0. The predicted octanol–water partition coefficient (Wildman–Crippen LogP) is 3.58. The Bertz CT molecular complexity index is 713. The summed E-state index contributed by atoms with van der Waals surface area (Å²) in [6.45, 7) is 5.59. The monoisotopic (exact) mass is 371 g/mol. The van der Waals surface area contributed by atoms with Crippen molar-refractivity contribution in [2.45, 2.75) is 13.0 Å². The quantitative estimate of drug-likeness (QED) is 0.784. The van der Waals surface area contributed by atoms with Gasteiger partial charge in [0.15, 0.2) is 5.11 Å². The first-order chi connectivity index (χ1) is 12.7. The number of nitrogens with zero attached hydrogens (tertiary/aromatic N) is 1. The second-order valence-corrected chi connectivity index (χ2v) is 6.65. The lowest BCUT2D eigenvalue weighted by Crippen LogP contribution is -2.36. The molecule has 1 heterocycles. The van der Waals surface area contributed by atoms with E-state index in [-0.39, 0.29) is 6.04 Å². The van der Waals surface area contributed by atoms with Gasteiger partial charge in [-0.1, -0.05) is 12.1 Å². The van der Waals surface area contributed by atoms with Crippen LogP contribution in [-0.2, 0) is 4.74 Å². The average molecular weight is 372 g/mol. The maximum atomic E-state index is 5.43. The molecule has 1 aliphatic heterocycles. The van der Waals surface area contributed by atoms with Gasteiger partial charge in [-0.15, -0.1) is 0 Å². The second-order valence-electron chi connectivity index (χ2n) is 6.24. The molecule has 0 spiro atoms. The van der Waals surface area contributed by atoms with Crippen molar-refractivity contribution in [2.24, 2.45) is 0 Å². The molecule has 2 aromatic rings. The van der Waals surface area contributed by atoms with Crippen LogP contribution in [0.5, 0.6) is 5.75 Å². The summed E-state index contributed by atoms with van der Waals surface area (Å²) in [4.78, 5) is 2.35. The molecule has 0 aliphatic carbocycles. The maximum Gasteiger partial charge on any atom is 0.171 e. The molecule has 0 amide bonds. The Morgan fingerprint density at radius 1 is 1.08 bits per heavy atom. The molecule has 1 aliphatic rings. The summed E-state index contributed by atoms with van der Waals surface area (Å²) in [5.41, 5.74) is 3.36. The van der Waals surface area contributed by atoms with Gasteiger partial charge in [0.2, 0.25) is 0 Å². The number of ether oxygens (including phenoxy) is 2. The molecule has 138 valence electrons. The Morgan fingerprint density at radius 2 is 1.73 bits per heavy atom. The molecule has 0 bridgehead atoms. The van der Waals surface area contributed by atoms with Crippen molar-refractivity contribution in [2.75, 3.05) is 43.6 Å². The third kappa shape index (κ3) is 4.86. The minimum atomic E-state index is 0.118. The third-order valence-corrected chi connectivity index (χ3v) is 4.68. The zero-order valence-electron chi connectivity index (χ0n) is 15.2. The molecular weight excluding hydrogens is 346 g/mol. The Labute approximate surface area is 160 Å². The van der Waals surface area contributed by atoms with Gasteiger partial charge in [-0.2, -0.15) is 0 Å². The van der Waals surface area contributed by atoms with E-state index in [0.29, 0.717) is 5.11 Å². The summed E-state index contributed by atoms with van der Waals surface area (Å²) in [5.74, 6) is 0.822. The van der Waals surface area contributed by atoms with Gasteiger partial charge >= 0.3 is 0 Å². The lowest BCUT2D eigenvalue weighted by atomic mass is 10.1. The van der Waals surface area contributed by atoms with Crippen molar-refractivity contribution < 1.29 is 9.47 Å². The van der Waals surface area contributed by atoms with Crippen molar-refractivity contribution in [3.05, 3.63) is 54.1 Å². The molecule has 0 saturated carbocycles. The number of thiocarbonyl (C=S) groups is 1. The van der Waals surface area contributed by atoms with Crippen molar-refractivity contribution in [1.29, 1.82) is 0 Å². The van der Waals surface area contributed by atoms with Crippen LogP contribution in [0, 0.1) is 0 Å². The molecule has 26 heavy (non-hydrogen) atoms. The van der Waals surface area contributed by atoms with E-state index in [1.165, 1.54) is 11.3 Å². The molecule has 1 saturated heterocycles. The standard InChI is InChI=1S/C20H25N3O2S/c1-15(21-20(26)22-17-5-9-19(24-2)10-6-17)16-3-7-18(8-4-16)23-11-13-25-14-12-23/h3-10,15H,11-14H2,1-2H3,(H2,21,22,26)/t15-/m0/s1. The predicted molar refractivity (Wildman–Crippen MR) is 110 cm³/mol. The molecule has 3 rings (SSSR count). The van der Waals surface area contributed by atoms with Crippen LogP contribution in [0.2, 0.25) is 0 Å². The number of morpholine rings is 1. The lowest BCUT2D eigenvalue weighted by Gasteiger charge is -2.29. The Kier molecular flexibility index (Phi) is 6.30. The number of hydrogen-bond donors (Lipinski definition) is 2. The number of benzene rings is 2. The van der Waals surface area contributed by atoms with Gasteiger partial charge < -0.3 is 25.0 Å². The number of methoxy groups -OCH3 is 1. The molecule has 0 unspecified atom stereocenters. The van der Waals surface area contributed by atoms with Crippen LogP contribution in [0.25, 0.3) is 0 Å². The van der Waals surface area contributed by atoms with Gasteiger partial charge in [0.1, 0.15) is 5.75 Å². The number of hydrogen-bond acceptors (Lipinski definition) is 4. The maximum absolute atomic E-state index is 5.43. The Morgan fingerprint density at radius 3 is 2.35 bits per heavy atom. The van der Waals surface area contributed by atoms with Crippen LogP contribution in [0.3, 0.4) is 0 Å². The SMILES string of the molecule is COc1ccc(NC(=S)N[C@@H](C)c2ccc(N3CCOCC3)cc2)cc1. The van der Waals surface area contributed by atoms with E-state index in [2.05, 4.69) is 46.7 Å². The lowest BCUT2D eigenvalue weighted by molar-refractivity contribution is 0.122. The zero-order chi connectivity index (χ0) is 18.4. The fourth-order valence-electron chi connectivity index (χ4n) is 2.92. The minimum absolute atomic E-state index is 0.118. The topological polar surface area (TPSA) is 45.8 Å². The van der Waals surface area contributed by atoms with E-state index in [4.69, 9.17) is 21.7 Å². The highest BCUT2D eigenvalue weighted by atomic mass is 32.1. The summed E-state index contributed by atoms with van der Waals surface area (Å²) in [6, 6.07) is 16.4. The average Bonchev–Trinajstić information content (AvgIpc) is 2.69. The van der Waals surface area contributed by atoms with E-state index < -0.39 is 0 Å². The first-order valence-electron chi connectivity index (χ1n) is 8.80. The first-order valence-corrected chi connectivity index (χ1v) is 9.21. The van der Waals surface area contributed by atoms with E-state index >= 15 is 0 Å². The molecule has 2 aromatic carbocycles. The van der Waals surface area contributed by atoms with Crippen molar-refractivity contribution in [3.63, 3.8) is 0 Å². The minimum Gasteiger partial charge on any atom is -0.497 e. The van der Waals surface area contributed by atoms with Crippen molar-refractivity contribution in [3.8, 4) is 5.75 Å². The molecular formula is C20H25N3O2S. The fourth-order valence-corrected chi connectivity index (χ4v) is 3.21. The second kappa shape index (κ2) is 8.87. The van der Waals surface area contributed by atoms with Crippen LogP contribution < -0.4 is 20.3 Å². The van der Waals surface area contributed by atoms with E-state index in [1.807, 2.05) is 24.3 Å². The number of anilines is 2. The molecule has 0 radical (unpaired) electrons. The van der Waals surface area contributed by atoms with E-state index in [1.54, 1.807) is 7.11 Å². The largest absolute Gasteiger partial charge is 0.497 e. The molecule has 1 atom stereocenters. The third-order valence-electron chi connectivity index (χ3n) is 4.46. The van der Waals surface area contributed by atoms with Gasteiger partial charge in [-0.25, -0.2) is 0 Å². The van der Waals surface area contributed by atoms with Crippen LogP contribution in [0.15, 0.2) is 48.5 Å². The van der Waals surface area contributed by atoms with Crippen LogP contribution in [0.4, 0.5) is 11.4 Å². The van der Waals surface area contributed by atoms with E-state index in [0.717, 1.165) is 37.7 Å². The highest BCUT2D eigenvalue weighted by Gasteiger charge is 2.12. The number of rotatable bonds is 5. The normalized spacial score (nSPS) is 15.2. The van der Waals surface area contributed by atoms with Crippen molar-refractivity contribution >= 4 is 28.7 Å². The summed E-state index contributed by atoms with van der Waals surface area (Å²) < 4.78 is 10.6. The summed E-state index contributed by atoms with van der Waals surface area (Å²) in [7, 11) is 1.65. The van der Waals surface area contributed by atoms with Gasteiger partial charge in [-0.3, -0.25) is 0 Å². The zero-order valence-corrected chi connectivity index (χ0v) is 16.0. The van der Waals surface area contributed by atoms with E-state index in [9.17, 15) is 0 Å². The van der Waals surface area contributed by atoms with Crippen LogP contribution in [-0.4, -0.2) is 38.5 Å². The molecule has 0 aromatic heterocycles. The smallest absolute Gasteiger partial charge is 0.171 e. The van der Waals surface area contributed by atoms with Crippen LogP contribution in [0.1, 0.15) is 18.5 Å². The Hall–Kier alpha value is -2.31. The van der Waals surface area contributed by atoms with Gasteiger partial charge in [-0.05, 0) is 61.1 Å². The molecule has 5 nitrogen and oxygen atoms in total. The molecule has 1 fully saturated rings.